The van der Waals surface area contributed by atoms with Crippen LogP contribution in [0.2, 0.25) is 0 Å². The maximum absolute atomic E-state index is 11.7. The van der Waals surface area contributed by atoms with E-state index in [1.165, 1.54) is 0 Å². The Balaban J connectivity index is 1.84. The lowest BCUT2D eigenvalue weighted by atomic mass is 10.1. The second-order valence-corrected chi connectivity index (χ2v) is 5.48. The van der Waals surface area contributed by atoms with Crippen LogP contribution in [0.3, 0.4) is 0 Å². The van der Waals surface area contributed by atoms with E-state index in [1.807, 2.05) is 48.5 Å². The standard InChI is InChI=1S/C19H19N3O2/c1-20-19(24)15-7-4-5-13(9-15)11-21-18-16(12-23)10-14-6-2-3-8-17(14)22-18/h2-10,23H,11-12H2,1H3,(H,20,24)(H,21,22). The van der Waals surface area contributed by atoms with Crippen LogP contribution in [0, 0.1) is 0 Å². The Morgan fingerprint density at radius 3 is 2.75 bits per heavy atom. The van der Waals surface area contributed by atoms with E-state index >= 15 is 0 Å². The first kappa shape index (κ1) is 16.0. The Morgan fingerprint density at radius 1 is 1.12 bits per heavy atom. The second-order valence-electron chi connectivity index (χ2n) is 5.48. The SMILES string of the molecule is CNC(=O)c1cccc(CNc2nc3ccccc3cc2CO)c1. The van der Waals surface area contributed by atoms with Crippen molar-refractivity contribution in [3.05, 3.63) is 71.3 Å². The van der Waals surface area contributed by atoms with Crippen LogP contribution in [0.25, 0.3) is 10.9 Å². The fourth-order valence-electron chi connectivity index (χ4n) is 2.59. The molecule has 3 N–H and O–H groups in total. The van der Waals surface area contributed by atoms with Gasteiger partial charge in [-0.25, -0.2) is 4.98 Å². The minimum absolute atomic E-state index is 0.0849. The maximum Gasteiger partial charge on any atom is 0.251 e. The van der Waals surface area contributed by atoms with Crippen LogP contribution < -0.4 is 10.6 Å². The molecule has 0 bridgehead atoms. The molecular weight excluding hydrogens is 302 g/mol. The van der Waals surface area contributed by atoms with E-state index in [4.69, 9.17) is 0 Å². The van der Waals surface area contributed by atoms with E-state index in [2.05, 4.69) is 15.6 Å². The number of pyridine rings is 1. The van der Waals surface area contributed by atoms with Gasteiger partial charge in [-0.15, -0.1) is 0 Å². The number of anilines is 1. The Bertz CT molecular complexity index is 877. The predicted molar refractivity (Wildman–Crippen MR) is 94.8 cm³/mol. The number of carbonyl (C=O) groups excluding carboxylic acids is 1. The molecule has 0 radical (unpaired) electrons. The highest BCUT2D eigenvalue weighted by molar-refractivity contribution is 5.94. The molecule has 3 rings (SSSR count). The summed E-state index contributed by atoms with van der Waals surface area (Å²) in [4.78, 5) is 16.3. The van der Waals surface area contributed by atoms with Crippen molar-refractivity contribution < 1.29 is 9.90 Å². The van der Waals surface area contributed by atoms with Gasteiger partial charge in [-0.2, -0.15) is 0 Å². The van der Waals surface area contributed by atoms with E-state index in [-0.39, 0.29) is 12.5 Å². The Morgan fingerprint density at radius 2 is 1.96 bits per heavy atom. The van der Waals surface area contributed by atoms with Gasteiger partial charge in [0.1, 0.15) is 5.82 Å². The molecule has 5 heteroatoms. The van der Waals surface area contributed by atoms with Crippen LogP contribution in [0.1, 0.15) is 21.5 Å². The highest BCUT2D eigenvalue weighted by atomic mass is 16.3. The predicted octanol–water partition coefficient (Wildman–Crippen LogP) is 2.70. The Hall–Kier alpha value is -2.92. The summed E-state index contributed by atoms with van der Waals surface area (Å²) in [5.41, 5.74) is 3.20. The average Bonchev–Trinajstić information content (AvgIpc) is 2.65. The molecule has 1 amide bonds. The van der Waals surface area contributed by atoms with Crippen molar-refractivity contribution in [1.29, 1.82) is 0 Å². The zero-order valence-corrected chi connectivity index (χ0v) is 13.4. The van der Waals surface area contributed by atoms with Crippen LogP contribution in [-0.4, -0.2) is 23.0 Å². The number of carbonyl (C=O) groups is 1. The molecule has 2 aromatic carbocycles. The molecule has 24 heavy (non-hydrogen) atoms. The highest BCUT2D eigenvalue weighted by Crippen LogP contribution is 2.21. The largest absolute Gasteiger partial charge is 0.392 e. The molecule has 0 saturated heterocycles. The van der Waals surface area contributed by atoms with E-state index in [0.717, 1.165) is 22.0 Å². The fourth-order valence-corrected chi connectivity index (χ4v) is 2.59. The van der Waals surface area contributed by atoms with Crippen molar-refractivity contribution >= 4 is 22.6 Å². The quantitative estimate of drug-likeness (QED) is 0.675. The Kier molecular flexibility index (Phi) is 4.72. The number of amides is 1. The monoisotopic (exact) mass is 321 g/mol. The van der Waals surface area contributed by atoms with Crippen molar-refractivity contribution in [2.45, 2.75) is 13.2 Å². The number of aliphatic hydroxyl groups excluding tert-OH is 1. The lowest BCUT2D eigenvalue weighted by Gasteiger charge is -2.12. The van der Waals surface area contributed by atoms with Gasteiger partial charge in [-0.1, -0.05) is 30.3 Å². The molecule has 0 aliphatic rings. The van der Waals surface area contributed by atoms with E-state index in [0.29, 0.717) is 17.9 Å². The molecule has 0 fully saturated rings. The molecular formula is C19H19N3O2. The zero-order chi connectivity index (χ0) is 16.9. The van der Waals surface area contributed by atoms with Crippen molar-refractivity contribution in [3.8, 4) is 0 Å². The van der Waals surface area contributed by atoms with Crippen molar-refractivity contribution in [2.75, 3.05) is 12.4 Å². The summed E-state index contributed by atoms with van der Waals surface area (Å²) in [6.07, 6.45) is 0. The van der Waals surface area contributed by atoms with Crippen molar-refractivity contribution in [3.63, 3.8) is 0 Å². The molecule has 3 aromatic rings. The van der Waals surface area contributed by atoms with Gasteiger partial charge in [0.2, 0.25) is 0 Å². The van der Waals surface area contributed by atoms with Gasteiger partial charge in [-0.3, -0.25) is 4.79 Å². The topological polar surface area (TPSA) is 74.2 Å². The smallest absolute Gasteiger partial charge is 0.251 e. The van der Waals surface area contributed by atoms with Gasteiger partial charge in [-0.05, 0) is 29.8 Å². The van der Waals surface area contributed by atoms with E-state index in [1.54, 1.807) is 13.1 Å². The Labute approximate surface area is 140 Å². The van der Waals surface area contributed by atoms with Crippen molar-refractivity contribution in [1.82, 2.24) is 10.3 Å². The first-order valence-corrected chi connectivity index (χ1v) is 7.75. The van der Waals surface area contributed by atoms with Crippen LogP contribution in [0.4, 0.5) is 5.82 Å². The van der Waals surface area contributed by atoms with Crippen LogP contribution in [0.15, 0.2) is 54.6 Å². The molecule has 122 valence electrons. The summed E-state index contributed by atoms with van der Waals surface area (Å²) >= 11 is 0. The van der Waals surface area contributed by atoms with Gasteiger partial charge in [0.15, 0.2) is 0 Å². The third-order valence-corrected chi connectivity index (χ3v) is 3.85. The van der Waals surface area contributed by atoms with E-state index < -0.39 is 0 Å². The zero-order valence-electron chi connectivity index (χ0n) is 13.4. The number of nitrogens with one attached hydrogen (secondary N) is 2. The number of nitrogens with zero attached hydrogens (tertiary/aromatic N) is 1. The minimum Gasteiger partial charge on any atom is -0.392 e. The molecule has 0 aliphatic carbocycles. The van der Waals surface area contributed by atoms with Gasteiger partial charge >= 0.3 is 0 Å². The van der Waals surface area contributed by atoms with Gasteiger partial charge in [0, 0.05) is 30.1 Å². The number of hydrogen-bond donors (Lipinski definition) is 3. The summed E-state index contributed by atoms with van der Waals surface area (Å²) in [5.74, 6) is 0.540. The third kappa shape index (κ3) is 3.36. The molecule has 1 heterocycles. The molecule has 0 spiro atoms. The summed E-state index contributed by atoms with van der Waals surface area (Å²) in [6, 6.07) is 17.1. The van der Waals surface area contributed by atoms with E-state index in [9.17, 15) is 9.90 Å². The van der Waals surface area contributed by atoms with Gasteiger partial charge < -0.3 is 15.7 Å². The number of aromatic nitrogens is 1. The van der Waals surface area contributed by atoms with Crippen LogP contribution in [-0.2, 0) is 13.2 Å². The summed E-state index contributed by atoms with van der Waals surface area (Å²) < 4.78 is 0. The first-order chi connectivity index (χ1) is 11.7. The molecule has 0 atom stereocenters. The summed E-state index contributed by atoms with van der Waals surface area (Å²) in [7, 11) is 1.61. The third-order valence-electron chi connectivity index (χ3n) is 3.85. The molecule has 5 nitrogen and oxygen atoms in total. The maximum atomic E-state index is 11.7. The second kappa shape index (κ2) is 7.10. The van der Waals surface area contributed by atoms with Gasteiger partial charge in [0.05, 0.1) is 12.1 Å². The molecule has 0 unspecified atom stereocenters. The normalized spacial score (nSPS) is 10.6. The molecule has 1 aromatic heterocycles. The number of aliphatic hydroxyl groups is 1. The fraction of sp³-hybridized carbons (Fsp3) is 0.158. The molecule has 0 aliphatic heterocycles. The summed E-state index contributed by atoms with van der Waals surface area (Å²) in [5, 5.41) is 16.5. The van der Waals surface area contributed by atoms with Crippen molar-refractivity contribution in [2.24, 2.45) is 0 Å². The number of hydrogen-bond acceptors (Lipinski definition) is 4. The first-order valence-electron chi connectivity index (χ1n) is 7.75. The number of fused-ring (bicyclic) bond motifs is 1. The molecule has 0 saturated carbocycles. The highest BCUT2D eigenvalue weighted by Gasteiger charge is 2.07. The number of benzene rings is 2. The summed E-state index contributed by atoms with van der Waals surface area (Å²) in [6.45, 7) is 0.432. The number of para-hydroxylation sites is 1. The number of rotatable bonds is 5. The average molecular weight is 321 g/mol. The van der Waals surface area contributed by atoms with Gasteiger partial charge in [0.25, 0.3) is 5.91 Å². The van der Waals surface area contributed by atoms with Crippen LogP contribution >= 0.6 is 0 Å². The van der Waals surface area contributed by atoms with Crippen LogP contribution in [0.5, 0.6) is 0 Å². The minimum atomic E-state index is -0.114. The lowest BCUT2D eigenvalue weighted by molar-refractivity contribution is 0.0963. The lowest BCUT2D eigenvalue weighted by Crippen LogP contribution is -2.18.